The summed E-state index contributed by atoms with van der Waals surface area (Å²) in [5, 5.41) is 23.0. The summed E-state index contributed by atoms with van der Waals surface area (Å²) in [6.07, 6.45) is 0. The van der Waals surface area contributed by atoms with Gasteiger partial charge >= 0.3 is 0 Å². The average Bonchev–Trinajstić information content (AvgIpc) is 1.36. The van der Waals surface area contributed by atoms with Gasteiger partial charge in [-0.2, -0.15) is 0 Å². The van der Waals surface area contributed by atoms with Gasteiger partial charge in [-0.1, -0.05) is 472 Å². The first-order valence-corrected chi connectivity index (χ1v) is 47.6. The summed E-state index contributed by atoms with van der Waals surface area (Å²) in [6, 6.07) is 175. The Morgan fingerprint density at radius 1 is 0.111 bits per heavy atom. The van der Waals surface area contributed by atoms with E-state index in [1.165, 1.54) is 264 Å². The number of rotatable bonds is 9. The lowest BCUT2D eigenvalue weighted by Gasteiger charge is -2.22. The minimum atomic E-state index is -0.0113. The van der Waals surface area contributed by atoms with Crippen LogP contribution in [-0.2, 0) is 16.2 Å². The Balaban J connectivity index is 0.000000108. The van der Waals surface area contributed by atoms with Crippen molar-refractivity contribution < 1.29 is 0 Å². The second kappa shape index (κ2) is 32.0. The molecule has 0 heterocycles. The molecule has 0 saturated heterocycles. The van der Waals surface area contributed by atoms with E-state index in [4.69, 9.17) is 0 Å². The molecule has 0 atom stereocenters. The van der Waals surface area contributed by atoms with Crippen LogP contribution in [0.15, 0.2) is 473 Å². The minimum Gasteiger partial charge on any atom is -0.0622 e. The highest BCUT2D eigenvalue weighted by atomic mass is 14.4. The van der Waals surface area contributed by atoms with Crippen LogP contribution in [0.4, 0.5) is 0 Å². The second-order valence-electron chi connectivity index (χ2n) is 38.6. The van der Waals surface area contributed by atoms with E-state index in [1.807, 2.05) is 0 Å². The molecular formula is C135H96. The van der Waals surface area contributed by atoms with Gasteiger partial charge in [0.05, 0.1) is 0 Å². The highest BCUT2D eigenvalue weighted by molar-refractivity contribution is 6.28. The number of benzene rings is 24. The lowest BCUT2D eigenvalue weighted by Crippen LogP contribution is -2.14. The van der Waals surface area contributed by atoms with E-state index in [1.54, 1.807) is 0 Å². The van der Waals surface area contributed by atoms with Gasteiger partial charge in [-0.3, -0.25) is 0 Å². The van der Waals surface area contributed by atoms with Gasteiger partial charge in [-0.25, -0.2) is 0 Å². The molecule has 0 unspecified atom stereocenters. The molecule has 135 heavy (non-hydrogen) atoms. The molecule has 0 fully saturated rings. The number of hydrogen-bond donors (Lipinski definition) is 0. The Labute approximate surface area is 789 Å². The fraction of sp³-hybridized carbons (Fsp3) is 0.0667. The number of hydrogen-bond acceptors (Lipinski definition) is 0. The molecule has 3 aliphatic rings. The third-order valence-corrected chi connectivity index (χ3v) is 30.2. The summed E-state index contributed by atoms with van der Waals surface area (Å²) in [5.74, 6) is 0. The Morgan fingerprint density at radius 2 is 0.319 bits per heavy atom. The van der Waals surface area contributed by atoms with Gasteiger partial charge in [0.25, 0.3) is 0 Å². The molecule has 3 aliphatic carbocycles. The summed E-state index contributed by atoms with van der Waals surface area (Å²) < 4.78 is 0. The van der Waals surface area contributed by atoms with Gasteiger partial charge in [0.2, 0.25) is 0 Å². The molecule has 0 amide bonds. The van der Waals surface area contributed by atoms with Gasteiger partial charge in [0.15, 0.2) is 0 Å². The molecule has 0 aromatic heterocycles. The molecule has 0 N–H and O–H groups in total. The summed E-state index contributed by atoms with van der Waals surface area (Å²) in [5.41, 5.74) is 39.4. The van der Waals surface area contributed by atoms with E-state index >= 15 is 0 Å². The Hall–Kier alpha value is -16.4. The van der Waals surface area contributed by atoms with E-state index in [0.29, 0.717) is 0 Å². The highest BCUT2D eigenvalue weighted by Crippen LogP contribution is 2.57. The van der Waals surface area contributed by atoms with E-state index < -0.39 is 0 Å². The van der Waals surface area contributed by atoms with Crippen molar-refractivity contribution >= 4 is 97.0 Å². The van der Waals surface area contributed by atoms with Crippen molar-refractivity contribution in [2.75, 3.05) is 0 Å². The molecule has 0 bridgehead atoms. The molecule has 0 spiro atoms. The first-order valence-electron chi connectivity index (χ1n) is 47.6. The van der Waals surface area contributed by atoms with Crippen molar-refractivity contribution in [2.24, 2.45) is 0 Å². The molecule has 0 aliphatic heterocycles. The minimum absolute atomic E-state index is 0.00265. The third kappa shape index (κ3) is 13.1. The SMILES string of the molecule is CC1(C)c2ccccc2-c2cc(-c3cc(-c4c5ccccc5c(-c5cccc6ccccc56)c5ccccc45)c4ccccc4c3)ccc21.CC1(C)c2ccccc2-c2cc(-c3cc(-c4c5ccccc5c(-c5ccccc5)c5ccccc45)c4ccccc4c3)ccc21.CC1(C)c2ccccc2-c2cc(-c3ccc(-c4c5ccccc5c(-c5ccccc5)c5ccccc45)cc3)ccc21. The lowest BCUT2D eigenvalue weighted by atomic mass is 9.81. The van der Waals surface area contributed by atoms with Crippen molar-refractivity contribution in [3.63, 3.8) is 0 Å². The van der Waals surface area contributed by atoms with Gasteiger partial charge in [0, 0.05) is 16.2 Å². The number of fused-ring (bicyclic) bond motifs is 18. The van der Waals surface area contributed by atoms with Crippen LogP contribution in [0.25, 0.3) is 230 Å². The monoisotopic (exact) mass is 1720 g/mol. The van der Waals surface area contributed by atoms with Crippen molar-refractivity contribution in [3.05, 3.63) is 507 Å². The van der Waals surface area contributed by atoms with Crippen LogP contribution in [-0.4, -0.2) is 0 Å². The molecule has 24 aromatic rings. The summed E-state index contributed by atoms with van der Waals surface area (Å²) in [7, 11) is 0. The first-order chi connectivity index (χ1) is 66.3. The smallest absolute Gasteiger partial charge is 0.0158 e. The maximum absolute atomic E-state index is 2.45. The lowest BCUT2D eigenvalue weighted by molar-refractivity contribution is 0.660. The largest absolute Gasteiger partial charge is 0.0622 e. The van der Waals surface area contributed by atoms with Crippen molar-refractivity contribution in [2.45, 2.75) is 57.8 Å². The Kier molecular flexibility index (Phi) is 19.1. The zero-order valence-electron chi connectivity index (χ0n) is 76.5. The molecule has 24 aromatic carbocycles. The topological polar surface area (TPSA) is 0 Å². The quantitative estimate of drug-likeness (QED) is 0.126. The molecule has 0 radical (unpaired) electrons. The van der Waals surface area contributed by atoms with Crippen LogP contribution in [0.1, 0.15) is 74.9 Å². The van der Waals surface area contributed by atoms with E-state index in [-0.39, 0.29) is 16.2 Å². The Bertz CT molecular complexity index is 8810. The third-order valence-electron chi connectivity index (χ3n) is 30.2. The predicted octanol–water partition coefficient (Wildman–Crippen LogP) is 37.4. The zero-order valence-corrected chi connectivity index (χ0v) is 76.5. The van der Waals surface area contributed by atoms with Crippen molar-refractivity contribution in [1.82, 2.24) is 0 Å². The maximum Gasteiger partial charge on any atom is 0.0158 e. The van der Waals surface area contributed by atoms with Crippen LogP contribution in [0.2, 0.25) is 0 Å². The van der Waals surface area contributed by atoms with Crippen LogP contribution in [0, 0.1) is 0 Å². The molecule has 0 saturated carbocycles. The molecular weight excluding hydrogens is 1620 g/mol. The fourth-order valence-electron chi connectivity index (χ4n) is 23.7. The van der Waals surface area contributed by atoms with Crippen molar-refractivity contribution in [1.29, 1.82) is 0 Å². The summed E-state index contributed by atoms with van der Waals surface area (Å²) >= 11 is 0. The fourth-order valence-corrected chi connectivity index (χ4v) is 23.7. The predicted molar refractivity (Wildman–Crippen MR) is 578 cm³/mol. The van der Waals surface area contributed by atoms with Crippen LogP contribution in [0.3, 0.4) is 0 Å². The Morgan fingerprint density at radius 3 is 0.652 bits per heavy atom. The van der Waals surface area contributed by atoms with E-state index in [0.717, 1.165) is 0 Å². The standard InChI is InChI=1S/C49H34.C45H32.C41H30/c1-49(2)45-25-12-11-19-37(45)43-29-32(26-27-46(43)49)34-28-33-15-4-6-18-36(33)44(30-34)48-41-22-9-7-20-39(41)47(40-21-8-10-23-42(40)48)38-24-13-16-31-14-3-5-17-35(31)38;1-45(2)41-23-13-12-18-34(41)39-27-30(24-25-42(39)45)32-26-31-16-6-7-17-33(31)40(28-32)44-37-21-10-8-19-35(37)43(29-14-4-3-5-15-29)36-20-9-11-22-38(36)44;1-41(2)37-19-11-10-14-31(37)36-26-30(24-25-38(36)41)27-20-22-29(23-21-27)40-34-17-8-6-15-32(34)39(28-12-4-3-5-13-28)33-16-7-9-18-35(33)40/h3-30H,1-2H3;3-28H,1-2H3;3-26H,1-2H3. The maximum atomic E-state index is 2.45. The van der Waals surface area contributed by atoms with E-state index in [9.17, 15) is 0 Å². The summed E-state index contributed by atoms with van der Waals surface area (Å²) in [6.45, 7) is 14.1. The van der Waals surface area contributed by atoms with E-state index in [2.05, 4.69) is 515 Å². The van der Waals surface area contributed by atoms with Crippen LogP contribution in [0.5, 0.6) is 0 Å². The van der Waals surface area contributed by atoms with Crippen molar-refractivity contribution in [3.8, 4) is 134 Å². The van der Waals surface area contributed by atoms with Crippen LogP contribution < -0.4 is 0 Å². The average molecular weight is 1720 g/mol. The van der Waals surface area contributed by atoms with Gasteiger partial charge in [0.1, 0.15) is 0 Å². The molecule has 0 heteroatoms. The van der Waals surface area contributed by atoms with Gasteiger partial charge < -0.3 is 0 Å². The van der Waals surface area contributed by atoms with Gasteiger partial charge in [-0.05, 0) is 306 Å². The summed E-state index contributed by atoms with van der Waals surface area (Å²) in [4.78, 5) is 0. The second-order valence-corrected chi connectivity index (χ2v) is 38.6. The molecule has 0 nitrogen and oxygen atoms in total. The first kappa shape index (κ1) is 80.7. The molecule has 27 rings (SSSR count). The highest BCUT2D eigenvalue weighted by Gasteiger charge is 2.39. The van der Waals surface area contributed by atoms with Crippen LogP contribution >= 0.6 is 0 Å². The molecule has 636 valence electrons. The zero-order chi connectivity index (χ0) is 90.4. The van der Waals surface area contributed by atoms with Gasteiger partial charge in [-0.15, -0.1) is 0 Å². The normalized spacial score (nSPS) is 13.3.